The third-order valence-electron chi connectivity index (χ3n) is 1.90. The molecule has 0 saturated carbocycles. The lowest BCUT2D eigenvalue weighted by atomic mass is 10.1. The number of carbonyl (C=O) groups is 1. The van der Waals surface area contributed by atoms with Crippen LogP contribution >= 0.6 is 11.8 Å². The van der Waals surface area contributed by atoms with Crippen molar-refractivity contribution in [3.05, 3.63) is 35.4 Å². The van der Waals surface area contributed by atoms with Gasteiger partial charge in [-0.05, 0) is 18.6 Å². The molecule has 0 atom stereocenters. The summed E-state index contributed by atoms with van der Waals surface area (Å²) in [4.78, 5) is 11.6. The molecule has 0 heterocycles. The van der Waals surface area contributed by atoms with Crippen LogP contribution in [0.2, 0.25) is 0 Å². The lowest BCUT2D eigenvalue weighted by Crippen LogP contribution is -2.09. The fourth-order valence-electron chi connectivity index (χ4n) is 1.21. The van der Waals surface area contributed by atoms with Crippen molar-refractivity contribution in [3.63, 3.8) is 0 Å². The lowest BCUT2D eigenvalue weighted by molar-refractivity contribution is 0.0525. The van der Waals surface area contributed by atoms with Crippen LogP contribution in [0, 0.1) is 5.41 Å². The molecule has 0 aliphatic heterocycles. The standard InChI is InChI=1S/C11H14N2O2S/c1-2-15-10(14)9-6-4-3-5-8(9)7-16-11(12)13/h3-6H,2,7H2,1H3,(H3,12,13). The SMILES string of the molecule is CCOC(=O)c1ccccc1CSC(=N)N. The minimum Gasteiger partial charge on any atom is -0.462 e. The molecule has 0 aliphatic rings. The van der Waals surface area contributed by atoms with Gasteiger partial charge in [-0.2, -0.15) is 0 Å². The fraction of sp³-hybridized carbons (Fsp3) is 0.273. The minimum absolute atomic E-state index is 0.0404. The van der Waals surface area contributed by atoms with Crippen LogP contribution in [0.3, 0.4) is 0 Å². The summed E-state index contributed by atoms with van der Waals surface area (Å²) in [6, 6.07) is 7.18. The number of esters is 1. The topological polar surface area (TPSA) is 76.2 Å². The normalized spacial score (nSPS) is 9.81. The van der Waals surface area contributed by atoms with Crippen molar-refractivity contribution in [1.82, 2.24) is 0 Å². The van der Waals surface area contributed by atoms with Crippen LogP contribution in [0.1, 0.15) is 22.8 Å². The fourth-order valence-corrected chi connectivity index (χ4v) is 1.77. The van der Waals surface area contributed by atoms with Gasteiger partial charge in [0.1, 0.15) is 0 Å². The van der Waals surface area contributed by atoms with Gasteiger partial charge in [-0.25, -0.2) is 4.79 Å². The van der Waals surface area contributed by atoms with E-state index in [0.717, 1.165) is 5.56 Å². The summed E-state index contributed by atoms with van der Waals surface area (Å²) < 4.78 is 4.94. The molecule has 0 spiro atoms. The van der Waals surface area contributed by atoms with Gasteiger partial charge in [0.2, 0.25) is 0 Å². The van der Waals surface area contributed by atoms with Crippen LogP contribution in [-0.2, 0) is 10.5 Å². The van der Waals surface area contributed by atoms with E-state index in [1.807, 2.05) is 12.1 Å². The first-order valence-electron chi connectivity index (χ1n) is 4.87. The van der Waals surface area contributed by atoms with Crippen LogP contribution in [0.5, 0.6) is 0 Å². The summed E-state index contributed by atoms with van der Waals surface area (Å²) in [5.41, 5.74) is 6.63. The number of hydrogen-bond donors (Lipinski definition) is 2. The molecule has 16 heavy (non-hydrogen) atoms. The van der Waals surface area contributed by atoms with Gasteiger partial charge in [-0.15, -0.1) is 0 Å². The molecule has 0 unspecified atom stereocenters. The Morgan fingerprint density at radius 2 is 2.19 bits per heavy atom. The van der Waals surface area contributed by atoms with Crippen molar-refractivity contribution in [2.75, 3.05) is 6.61 Å². The maximum Gasteiger partial charge on any atom is 0.338 e. The first kappa shape index (κ1) is 12.6. The largest absolute Gasteiger partial charge is 0.462 e. The predicted octanol–water partition coefficient (Wildman–Crippen LogP) is 1.99. The minimum atomic E-state index is -0.331. The molecule has 0 amide bonds. The summed E-state index contributed by atoms with van der Waals surface area (Å²) in [6.45, 7) is 2.12. The summed E-state index contributed by atoms with van der Waals surface area (Å²) >= 11 is 1.19. The van der Waals surface area contributed by atoms with Crippen LogP contribution in [0.25, 0.3) is 0 Å². The smallest absolute Gasteiger partial charge is 0.338 e. The number of rotatable bonds is 4. The Labute approximate surface area is 98.7 Å². The van der Waals surface area contributed by atoms with Gasteiger partial charge in [0.15, 0.2) is 5.17 Å². The monoisotopic (exact) mass is 238 g/mol. The predicted molar refractivity (Wildman–Crippen MR) is 65.6 cm³/mol. The van der Waals surface area contributed by atoms with Gasteiger partial charge in [0.25, 0.3) is 0 Å². The van der Waals surface area contributed by atoms with Crippen molar-refractivity contribution in [3.8, 4) is 0 Å². The van der Waals surface area contributed by atoms with E-state index in [-0.39, 0.29) is 11.1 Å². The van der Waals surface area contributed by atoms with Crippen LogP contribution in [-0.4, -0.2) is 17.7 Å². The molecule has 86 valence electrons. The van der Waals surface area contributed by atoms with E-state index in [1.54, 1.807) is 19.1 Å². The van der Waals surface area contributed by atoms with Crippen molar-refractivity contribution < 1.29 is 9.53 Å². The van der Waals surface area contributed by atoms with E-state index in [0.29, 0.717) is 17.9 Å². The Bertz CT molecular complexity index is 393. The van der Waals surface area contributed by atoms with E-state index in [1.165, 1.54) is 11.8 Å². The Hall–Kier alpha value is -1.49. The lowest BCUT2D eigenvalue weighted by Gasteiger charge is -2.07. The highest BCUT2D eigenvalue weighted by atomic mass is 32.2. The number of thioether (sulfide) groups is 1. The molecule has 0 saturated heterocycles. The average Bonchev–Trinajstić information content (AvgIpc) is 2.27. The molecule has 5 heteroatoms. The molecule has 0 aliphatic carbocycles. The zero-order valence-electron chi connectivity index (χ0n) is 9.03. The molecule has 0 bridgehead atoms. The highest BCUT2D eigenvalue weighted by Gasteiger charge is 2.11. The third kappa shape index (κ3) is 3.58. The molecule has 0 fully saturated rings. The molecule has 1 aromatic rings. The zero-order chi connectivity index (χ0) is 12.0. The van der Waals surface area contributed by atoms with Crippen molar-refractivity contribution >= 4 is 22.9 Å². The molecule has 0 aromatic heterocycles. The second kappa shape index (κ2) is 6.17. The van der Waals surface area contributed by atoms with Gasteiger partial charge in [0.05, 0.1) is 12.2 Å². The number of carbonyl (C=O) groups excluding carboxylic acids is 1. The van der Waals surface area contributed by atoms with E-state index in [4.69, 9.17) is 15.9 Å². The average molecular weight is 238 g/mol. The maximum atomic E-state index is 11.6. The second-order valence-electron chi connectivity index (χ2n) is 3.03. The molecule has 0 radical (unpaired) electrons. The highest BCUT2D eigenvalue weighted by Crippen LogP contribution is 2.17. The van der Waals surface area contributed by atoms with Crippen LogP contribution < -0.4 is 5.73 Å². The molecular formula is C11H14N2O2S. The van der Waals surface area contributed by atoms with E-state index in [2.05, 4.69) is 0 Å². The molecule has 1 rings (SSSR count). The number of ether oxygens (including phenoxy) is 1. The van der Waals surface area contributed by atoms with Gasteiger partial charge in [-0.3, -0.25) is 5.41 Å². The maximum absolute atomic E-state index is 11.6. The van der Waals surface area contributed by atoms with Gasteiger partial charge in [-0.1, -0.05) is 30.0 Å². The van der Waals surface area contributed by atoms with E-state index in [9.17, 15) is 4.79 Å². The number of nitrogens with two attached hydrogens (primary N) is 1. The van der Waals surface area contributed by atoms with E-state index < -0.39 is 0 Å². The van der Waals surface area contributed by atoms with Crippen molar-refractivity contribution in [1.29, 1.82) is 5.41 Å². The first-order valence-corrected chi connectivity index (χ1v) is 5.85. The zero-order valence-corrected chi connectivity index (χ0v) is 9.84. The van der Waals surface area contributed by atoms with Gasteiger partial charge in [0, 0.05) is 5.75 Å². The molecule has 4 nitrogen and oxygen atoms in total. The Balaban J connectivity index is 2.82. The van der Waals surface area contributed by atoms with Crippen molar-refractivity contribution in [2.45, 2.75) is 12.7 Å². The number of nitrogens with one attached hydrogen (secondary N) is 1. The Morgan fingerprint density at radius 3 is 2.81 bits per heavy atom. The van der Waals surface area contributed by atoms with E-state index >= 15 is 0 Å². The number of amidine groups is 1. The van der Waals surface area contributed by atoms with Gasteiger partial charge < -0.3 is 10.5 Å². The second-order valence-corrected chi connectivity index (χ2v) is 4.05. The van der Waals surface area contributed by atoms with Crippen LogP contribution in [0.15, 0.2) is 24.3 Å². The highest BCUT2D eigenvalue weighted by molar-refractivity contribution is 8.13. The third-order valence-corrected chi connectivity index (χ3v) is 2.66. The quantitative estimate of drug-likeness (QED) is 0.478. The first-order chi connectivity index (χ1) is 7.65. The van der Waals surface area contributed by atoms with Gasteiger partial charge >= 0.3 is 5.97 Å². The molecule has 3 N–H and O–H groups in total. The molecular weight excluding hydrogens is 224 g/mol. The van der Waals surface area contributed by atoms with Crippen molar-refractivity contribution in [2.24, 2.45) is 5.73 Å². The number of hydrogen-bond acceptors (Lipinski definition) is 4. The summed E-state index contributed by atoms with van der Waals surface area (Å²) in [7, 11) is 0. The number of benzene rings is 1. The summed E-state index contributed by atoms with van der Waals surface area (Å²) in [5.74, 6) is 0.173. The Morgan fingerprint density at radius 1 is 1.50 bits per heavy atom. The summed E-state index contributed by atoms with van der Waals surface area (Å²) in [5, 5.41) is 7.17. The molecule has 1 aromatic carbocycles. The summed E-state index contributed by atoms with van der Waals surface area (Å²) in [6.07, 6.45) is 0. The Kier molecular flexibility index (Phi) is 4.85. The van der Waals surface area contributed by atoms with Crippen LogP contribution in [0.4, 0.5) is 0 Å².